The summed E-state index contributed by atoms with van der Waals surface area (Å²) < 4.78 is 14.0. The minimum atomic E-state index is -0.514. The van der Waals surface area contributed by atoms with E-state index in [-0.39, 0.29) is 5.82 Å². The summed E-state index contributed by atoms with van der Waals surface area (Å²) in [4.78, 5) is 0. The number of hydrogen-bond donors (Lipinski definition) is 1. The van der Waals surface area contributed by atoms with Crippen LogP contribution in [0.1, 0.15) is 17.2 Å². The van der Waals surface area contributed by atoms with E-state index >= 15 is 0 Å². The summed E-state index contributed by atoms with van der Waals surface area (Å²) in [6.07, 6.45) is 0. The molecule has 0 radical (unpaired) electrons. The van der Waals surface area contributed by atoms with Gasteiger partial charge in [-0.1, -0.05) is 45.2 Å². The van der Waals surface area contributed by atoms with Crippen molar-refractivity contribution in [2.45, 2.75) is 6.04 Å². The van der Waals surface area contributed by atoms with Crippen molar-refractivity contribution in [2.24, 2.45) is 5.73 Å². The maximum atomic E-state index is 13.3. The molecule has 5 heteroatoms. The molecule has 0 spiro atoms. The maximum Gasteiger partial charge on any atom is 0.123 e. The van der Waals surface area contributed by atoms with Crippen LogP contribution in [0.25, 0.3) is 0 Å². The lowest BCUT2D eigenvalue weighted by atomic mass is 9.99. The second kappa shape index (κ2) is 5.57. The largest absolute Gasteiger partial charge is 0.320 e. The highest BCUT2D eigenvalue weighted by Gasteiger charge is 2.16. The standard InChI is InChI=1S/C13H9BrCl2FN/c14-11-4-2-8(17)6-10(11)13(18)9-3-1-7(15)5-12(9)16/h1-6,13H,18H2. The number of benzene rings is 2. The monoisotopic (exact) mass is 347 g/mol. The van der Waals surface area contributed by atoms with Gasteiger partial charge in [0.05, 0.1) is 6.04 Å². The first-order valence-electron chi connectivity index (χ1n) is 5.14. The molecule has 1 atom stereocenters. The molecule has 1 unspecified atom stereocenters. The third-order valence-electron chi connectivity index (χ3n) is 2.59. The van der Waals surface area contributed by atoms with Crippen LogP contribution in [-0.2, 0) is 0 Å². The molecule has 0 saturated heterocycles. The lowest BCUT2D eigenvalue weighted by Gasteiger charge is -2.16. The molecule has 0 aliphatic carbocycles. The van der Waals surface area contributed by atoms with Gasteiger partial charge in [-0.15, -0.1) is 0 Å². The molecule has 0 amide bonds. The highest BCUT2D eigenvalue weighted by molar-refractivity contribution is 9.10. The van der Waals surface area contributed by atoms with E-state index in [1.807, 2.05) is 0 Å². The van der Waals surface area contributed by atoms with Crippen LogP contribution in [0.2, 0.25) is 10.0 Å². The highest BCUT2D eigenvalue weighted by atomic mass is 79.9. The van der Waals surface area contributed by atoms with Crippen molar-refractivity contribution in [3.05, 3.63) is 67.9 Å². The average Bonchev–Trinajstić information content (AvgIpc) is 2.31. The molecule has 0 heterocycles. The molecule has 0 saturated carbocycles. The molecular formula is C13H9BrCl2FN. The first-order chi connectivity index (χ1) is 8.49. The Labute approximate surface area is 123 Å². The second-order valence-corrected chi connectivity index (χ2v) is 5.51. The van der Waals surface area contributed by atoms with Gasteiger partial charge in [-0.25, -0.2) is 4.39 Å². The Morgan fingerprint density at radius 1 is 1.06 bits per heavy atom. The van der Waals surface area contributed by atoms with E-state index in [1.54, 1.807) is 24.3 Å². The lowest BCUT2D eigenvalue weighted by Crippen LogP contribution is -2.13. The van der Waals surface area contributed by atoms with Gasteiger partial charge in [0.1, 0.15) is 5.82 Å². The first kappa shape index (κ1) is 13.8. The van der Waals surface area contributed by atoms with Gasteiger partial charge < -0.3 is 5.73 Å². The van der Waals surface area contributed by atoms with E-state index in [1.165, 1.54) is 12.1 Å². The molecule has 18 heavy (non-hydrogen) atoms. The Morgan fingerprint density at radius 2 is 1.78 bits per heavy atom. The van der Waals surface area contributed by atoms with Crippen LogP contribution < -0.4 is 5.73 Å². The molecule has 2 rings (SSSR count). The van der Waals surface area contributed by atoms with Gasteiger partial charge in [-0.3, -0.25) is 0 Å². The fraction of sp³-hybridized carbons (Fsp3) is 0.0769. The van der Waals surface area contributed by atoms with Gasteiger partial charge in [0.15, 0.2) is 0 Å². The molecule has 2 N–H and O–H groups in total. The number of rotatable bonds is 2. The zero-order chi connectivity index (χ0) is 13.3. The van der Waals surface area contributed by atoms with Crippen molar-refractivity contribution in [3.63, 3.8) is 0 Å². The summed E-state index contributed by atoms with van der Waals surface area (Å²) >= 11 is 15.3. The van der Waals surface area contributed by atoms with Crippen LogP contribution in [0.4, 0.5) is 4.39 Å². The van der Waals surface area contributed by atoms with Crippen LogP contribution in [-0.4, -0.2) is 0 Å². The molecule has 0 aliphatic rings. The number of nitrogens with two attached hydrogens (primary N) is 1. The third kappa shape index (κ3) is 2.86. The van der Waals surface area contributed by atoms with E-state index in [0.717, 1.165) is 4.47 Å². The van der Waals surface area contributed by atoms with Crippen molar-refractivity contribution < 1.29 is 4.39 Å². The quantitative estimate of drug-likeness (QED) is 0.816. The Bertz CT molecular complexity index is 589. The van der Waals surface area contributed by atoms with E-state index in [0.29, 0.717) is 21.2 Å². The van der Waals surface area contributed by atoms with Gasteiger partial charge >= 0.3 is 0 Å². The van der Waals surface area contributed by atoms with Gasteiger partial charge in [-0.2, -0.15) is 0 Å². The summed E-state index contributed by atoms with van der Waals surface area (Å²) in [5, 5.41) is 1.00. The maximum absolute atomic E-state index is 13.3. The van der Waals surface area contributed by atoms with E-state index in [2.05, 4.69) is 15.9 Å². The summed E-state index contributed by atoms with van der Waals surface area (Å²) in [6.45, 7) is 0. The molecule has 0 aliphatic heterocycles. The fourth-order valence-electron chi connectivity index (χ4n) is 1.67. The van der Waals surface area contributed by atoms with Crippen molar-refractivity contribution in [2.75, 3.05) is 0 Å². The Kier molecular flexibility index (Phi) is 4.28. The highest BCUT2D eigenvalue weighted by Crippen LogP contribution is 2.32. The van der Waals surface area contributed by atoms with Gasteiger partial charge in [0, 0.05) is 14.5 Å². The molecular weight excluding hydrogens is 340 g/mol. The van der Waals surface area contributed by atoms with Crippen molar-refractivity contribution >= 4 is 39.1 Å². The third-order valence-corrected chi connectivity index (χ3v) is 3.88. The molecule has 94 valence electrons. The van der Waals surface area contributed by atoms with Gasteiger partial charge in [-0.05, 0) is 41.5 Å². The number of hydrogen-bond acceptors (Lipinski definition) is 1. The predicted molar refractivity (Wildman–Crippen MR) is 76.6 cm³/mol. The van der Waals surface area contributed by atoms with Crippen LogP contribution in [0.5, 0.6) is 0 Å². The molecule has 2 aromatic rings. The normalized spacial score (nSPS) is 12.5. The van der Waals surface area contributed by atoms with E-state index < -0.39 is 6.04 Å². The van der Waals surface area contributed by atoms with Gasteiger partial charge in [0.2, 0.25) is 0 Å². The second-order valence-electron chi connectivity index (χ2n) is 3.81. The SMILES string of the molecule is NC(c1ccc(Cl)cc1Cl)c1cc(F)ccc1Br. The van der Waals surface area contributed by atoms with E-state index in [4.69, 9.17) is 28.9 Å². The number of halogens is 4. The first-order valence-corrected chi connectivity index (χ1v) is 6.69. The molecule has 0 fully saturated rings. The fourth-order valence-corrected chi connectivity index (χ4v) is 2.69. The summed E-state index contributed by atoms with van der Waals surface area (Å²) in [6, 6.07) is 8.92. The van der Waals surface area contributed by atoms with Crippen molar-refractivity contribution in [1.82, 2.24) is 0 Å². The molecule has 1 nitrogen and oxygen atoms in total. The van der Waals surface area contributed by atoms with Crippen LogP contribution in [0.3, 0.4) is 0 Å². The van der Waals surface area contributed by atoms with Crippen LogP contribution >= 0.6 is 39.1 Å². The Hall–Kier alpha value is -0.610. The molecule has 0 bridgehead atoms. The zero-order valence-corrected chi connectivity index (χ0v) is 12.2. The predicted octanol–water partition coefficient (Wildman–Crippen LogP) is 4.94. The van der Waals surface area contributed by atoms with Crippen LogP contribution in [0, 0.1) is 5.82 Å². The van der Waals surface area contributed by atoms with Crippen molar-refractivity contribution in [3.8, 4) is 0 Å². The summed E-state index contributed by atoms with van der Waals surface area (Å²) in [5.74, 6) is -0.339. The lowest BCUT2D eigenvalue weighted by molar-refractivity contribution is 0.623. The minimum Gasteiger partial charge on any atom is -0.320 e. The summed E-state index contributed by atoms with van der Waals surface area (Å²) in [5.41, 5.74) is 7.45. The van der Waals surface area contributed by atoms with Gasteiger partial charge in [0.25, 0.3) is 0 Å². The van der Waals surface area contributed by atoms with Crippen LogP contribution in [0.15, 0.2) is 40.9 Å². The summed E-state index contributed by atoms with van der Waals surface area (Å²) in [7, 11) is 0. The van der Waals surface area contributed by atoms with Crippen molar-refractivity contribution in [1.29, 1.82) is 0 Å². The topological polar surface area (TPSA) is 26.0 Å². The Morgan fingerprint density at radius 3 is 2.44 bits per heavy atom. The van der Waals surface area contributed by atoms with E-state index in [9.17, 15) is 4.39 Å². The average molecular weight is 349 g/mol. The smallest absolute Gasteiger partial charge is 0.123 e. The zero-order valence-electron chi connectivity index (χ0n) is 9.13. The minimum absolute atomic E-state index is 0.339. The molecule has 0 aromatic heterocycles. The Balaban J connectivity index is 2.47. The molecule has 2 aromatic carbocycles.